The van der Waals surface area contributed by atoms with Gasteiger partial charge >= 0.3 is 0 Å². The van der Waals surface area contributed by atoms with E-state index in [2.05, 4.69) is 233 Å². The smallest absolute Gasteiger partial charge is 0.0621 e. The maximum atomic E-state index is 2.55. The second kappa shape index (κ2) is 14.1. The van der Waals surface area contributed by atoms with Gasteiger partial charge in [0.2, 0.25) is 0 Å². The minimum Gasteiger partial charge on any atom is -0.309 e. The first-order valence-electron chi connectivity index (χ1n) is 20.8. The fourth-order valence-electron chi connectivity index (χ4n) is 10.1. The summed E-state index contributed by atoms with van der Waals surface area (Å²) in [6.07, 6.45) is 0. The highest BCUT2D eigenvalue weighted by Gasteiger charge is 2.40. The van der Waals surface area contributed by atoms with E-state index in [0.29, 0.717) is 0 Å². The molecule has 1 nitrogen and oxygen atoms in total. The molecule has 9 aromatic carbocycles. The van der Waals surface area contributed by atoms with Crippen molar-refractivity contribution in [3.05, 3.63) is 222 Å². The van der Waals surface area contributed by atoms with Gasteiger partial charge in [-0.15, -0.1) is 0 Å². The van der Waals surface area contributed by atoms with Gasteiger partial charge in [-0.25, -0.2) is 0 Å². The lowest BCUT2D eigenvalue weighted by Crippen LogP contribution is -2.18. The van der Waals surface area contributed by atoms with Crippen molar-refractivity contribution in [2.24, 2.45) is 0 Å². The predicted molar refractivity (Wildman–Crippen MR) is 257 cm³/mol. The van der Waals surface area contributed by atoms with E-state index in [1.807, 2.05) is 0 Å². The Kier molecular flexibility index (Phi) is 8.77. The van der Waals surface area contributed by atoms with Crippen molar-refractivity contribution in [1.29, 1.82) is 0 Å². The first-order chi connectivity index (χ1) is 28.8. The van der Waals surface area contributed by atoms with Gasteiger partial charge in [0.05, 0.1) is 5.69 Å². The third kappa shape index (κ3) is 5.75. The highest BCUT2D eigenvalue weighted by molar-refractivity contribution is 6.10. The molecule has 0 spiro atoms. The lowest BCUT2D eigenvalue weighted by atomic mass is 9.80. The van der Waals surface area contributed by atoms with Crippen molar-refractivity contribution in [2.45, 2.75) is 46.0 Å². The van der Waals surface area contributed by atoms with Crippen LogP contribution in [0.3, 0.4) is 0 Å². The highest BCUT2D eigenvalue weighted by Crippen LogP contribution is 2.58. The zero-order valence-electron chi connectivity index (χ0n) is 34.0. The lowest BCUT2D eigenvalue weighted by Gasteiger charge is -2.32. The van der Waals surface area contributed by atoms with Crippen LogP contribution in [0.25, 0.3) is 66.4 Å². The van der Waals surface area contributed by atoms with Crippen LogP contribution in [0.5, 0.6) is 0 Å². The van der Waals surface area contributed by atoms with Crippen LogP contribution in [0.4, 0.5) is 17.1 Å². The van der Waals surface area contributed by atoms with Gasteiger partial charge in [0.1, 0.15) is 0 Å². The van der Waals surface area contributed by atoms with Gasteiger partial charge in [0, 0.05) is 33.2 Å². The van der Waals surface area contributed by atoms with Gasteiger partial charge in [0.25, 0.3) is 0 Å². The summed E-state index contributed by atoms with van der Waals surface area (Å²) in [7, 11) is 0. The lowest BCUT2D eigenvalue weighted by molar-refractivity contribution is 0.660. The molecule has 60 heavy (non-hydrogen) atoms. The van der Waals surface area contributed by atoms with Crippen LogP contribution < -0.4 is 4.90 Å². The van der Waals surface area contributed by atoms with E-state index in [1.165, 1.54) is 94.3 Å². The molecular weight excluding hydrogens is 723 g/mol. The standard InChI is InChI=1S/C58H45N.CH4/c1-57(2)51-22-14-13-21-48(51)49-34-32-46(37-53(49)57)59(45-30-27-41(28-31-45)39-17-9-6-10-18-39)56-47-20-12-11-19-44(47)36-54-55(56)50-33-29-43(35-52(50)58(54,3)4)42-25-23-40(24-26-42)38-15-7-5-8-16-38;/h5-37H,1-4H3;1H4. The van der Waals surface area contributed by atoms with Crippen molar-refractivity contribution < 1.29 is 0 Å². The Morgan fingerprint density at radius 1 is 0.333 bits per heavy atom. The molecule has 0 atom stereocenters. The summed E-state index contributed by atoms with van der Waals surface area (Å²) in [4.78, 5) is 2.55. The van der Waals surface area contributed by atoms with Crippen molar-refractivity contribution in [2.75, 3.05) is 4.90 Å². The molecule has 0 saturated carbocycles. The molecule has 0 amide bonds. The molecule has 0 aromatic heterocycles. The van der Waals surface area contributed by atoms with E-state index in [9.17, 15) is 0 Å². The number of hydrogen-bond donors (Lipinski definition) is 0. The molecule has 2 aliphatic rings. The molecule has 9 aromatic rings. The minimum atomic E-state index is -0.228. The average Bonchev–Trinajstić information content (AvgIpc) is 3.65. The van der Waals surface area contributed by atoms with E-state index in [0.717, 1.165) is 11.4 Å². The van der Waals surface area contributed by atoms with Gasteiger partial charge in [-0.3, -0.25) is 0 Å². The molecule has 0 radical (unpaired) electrons. The Bertz CT molecular complexity index is 3060. The van der Waals surface area contributed by atoms with E-state index in [1.54, 1.807) is 0 Å². The second-order valence-corrected chi connectivity index (χ2v) is 17.3. The molecule has 0 saturated heterocycles. The molecule has 0 N–H and O–H groups in total. The van der Waals surface area contributed by atoms with Gasteiger partial charge in [-0.2, -0.15) is 0 Å². The summed E-state index contributed by atoms with van der Waals surface area (Å²) in [6.45, 7) is 9.57. The Hall–Kier alpha value is -6.96. The highest BCUT2D eigenvalue weighted by atomic mass is 15.1. The van der Waals surface area contributed by atoms with E-state index < -0.39 is 0 Å². The van der Waals surface area contributed by atoms with Crippen LogP contribution in [0.15, 0.2) is 200 Å². The molecule has 0 fully saturated rings. The first-order valence-corrected chi connectivity index (χ1v) is 20.8. The molecule has 0 unspecified atom stereocenters. The zero-order valence-corrected chi connectivity index (χ0v) is 34.0. The number of hydrogen-bond acceptors (Lipinski definition) is 1. The summed E-state index contributed by atoms with van der Waals surface area (Å²) in [5.74, 6) is 0. The minimum absolute atomic E-state index is 0. The van der Waals surface area contributed by atoms with Crippen molar-refractivity contribution >= 4 is 27.8 Å². The van der Waals surface area contributed by atoms with Gasteiger partial charge < -0.3 is 4.90 Å². The van der Waals surface area contributed by atoms with E-state index in [-0.39, 0.29) is 18.3 Å². The van der Waals surface area contributed by atoms with Gasteiger partial charge in [0.15, 0.2) is 0 Å². The van der Waals surface area contributed by atoms with Crippen LogP contribution in [-0.4, -0.2) is 0 Å². The number of anilines is 3. The SMILES string of the molecule is C.CC1(C)c2ccccc2-c2ccc(N(c3ccc(-c4ccccc4)cc3)c3c4c(cc5ccccc35)C(C)(C)c3cc(-c5ccc(-c6ccccc6)cc5)ccc3-4)cc21. The predicted octanol–water partition coefficient (Wildman–Crippen LogP) is 16.6. The molecule has 11 rings (SSSR count). The number of benzene rings is 9. The first kappa shape index (κ1) is 37.3. The fourth-order valence-corrected chi connectivity index (χ4v) is 10.1. The van der Waals surface area contributed by atoms with Gasteiger partial charge in [-0.1, -0.05) is 199 Å². The molecule has 0 aliphatic heterocycles. The van der Waals surface area contributed by atoms with Crippen LogP contribution in [0, 0.1) is 0 Å². The quantitative estimate of drug-likeness (QED) is 0.163. The molecule has 290 valence electrons. The number of rotatable bonds is 6. The second-order valence-electron chi connectivity index (χ2n) is 17.3. The molecule has 0 bridgehead atoms. The molecule has 2 aliphatic carbocycles. The van der Waals surface area contributed by atoms with Crippen molar-refractivity contribution in [3.8, 4) is 55.6 Å². The topological polar surface area (TPSA) is 3.24 Å². The third-order valence-corrected chi connectivity index (χ3v) is 13.3. The largest absolute Gasteiger partial charge is 0.309 e. The Morgan fingerprint density at radius 3 is 1.48 bits per heavy atom. The van der Waals surface area contributed by atoms with E-state index >= 15 is 0 Å². The van der Waals surface area contributed by atoms with Crippen molar-refractivity contribution in [3.63, 3.8) is 0 Å². The maximum Gasteiger partial charge on any atom is 0.0621 e. The normalized spacial score (nSPS) is 13.8. The Labute approximate surface area is 355 Å². The average molecular weight is 772 g/mol. The Balaban J connectivity index is 0.00000433. The molecule has 1 heteroatoms. The fraction of sp³-hybridized carbons (Fsp3) is 0.119. The molecule has 0 heterocycles. The maximum absolute atomic E-state index is 2.55. The van der Waals surface area contributed by atoms with Crippen LogP contribution >= 0.6 is 0 Å². The summed E-state index contributed by atoms with van der Waals surface area (Å²) in [5, 5.41) is 2.49. The zero-order chi connectivity index (χ0) is 39.9. The number of nitrogens with zero attached hydrogens (tertiary/aromatic N) is 1. The summed E-state index contributed by atoms with van der Waals surface area (Å²) in [5.41, 5.74) is 21.3. The third-order valence-electron chi connectivity index (χ3n) is 13.3. The van der Waals surface area contributed by atoms with Crippen molar-refractivity contribution in [1.82, 2.24) is 0 Å². The molecular formula is C59H49N. The monoisotopic (exact) mass is 771 g/mol. The van der Waals surface area contributed by atoms with Crippen LogP contribution in [-0.2, 0) is 10.8 Å². The summed E-state index contributed by atoms with van der Waals surface area (Å²) < 4.78 is 0. The van der Waals surface area contributed by atoms with E-state index in [4.69, 9.17) is 0 Å². The van der Waals surface area contributed by atoms with Crippen LogP contribution in [0.2, 0.25) is 0 Å². The Morgan fingerprint density at radius 2 is 0.800 bits per heavy atom. The number of fused-ring (bicyclic) bond motifs is 7. The summed E-state index contributed by atoms with van der Waals surface area (Å²) >= 11 is 0. The summed E-state index contributed by atoms with van der Waals surface area (Å²) in [6, 6.07) is 74.3. The van der Waals surface area contributed by atoms with Gasteiger partial charge in [-0.05, 0) is 114 Å². The van der Waals surface area contributed by atoms with Crippen LogP contribution in [0.1, 0.15) is 57.4 Å².